The highest BCUT2D eigenvalue weighted by Gasteiger charge is 2.37. The summed E-state index contributed by atoms with van der Waals surface area (Å²) in [6.07, 6.45) is 7.72. The molecule has 1 aliphatic heterocycles. The third kappa shape index (κ3) is 4.12. The zero-order valence-corrected chi connectivity index (χ0v) is 20.0. The Morgan fingerprint density at radius 3 is 2.75 bits per heavy atom. The highest BCUT2D eigenvalue weighted by molar-refractivity contribution is 9.10. The topological polar surface area (TPSA) is 33.6 Å². The van der Waals surface area contributed by atoms with Crippen molar-refractivity contribution in [1.29, 1.82) is 0 Å². The van der Waals surface area contributed by atoms with E-state index in [1.165, 1.54) is 22.4 Å². The van der Waals surface area contributed by atoms with Crippen LogP contribution in [0.25, 0.3) is 0 Å². The van der Waals surface area contributed by atoms with Gasteiger partial charge >= 0.3 is 0 Å². The van der Waals surface area contributed by atoms with E-state index in [1.54, 1.807) is 0 Å². The molecule has 0 unspecified atom stereocenters. The van der Waals surface area contributed by atoms with Gasteiger partial charge in [-0.3, -0.25) is 4.99 Å². The number of halogens is 1. The van der Waals surface area contributed by atoms with E-state index in [4.69, 9.17) is 9.73 Å². The number of ether oxygens (including phenoxy) is 1. The Kier molecular flexibility index (Phi) is 5.88. The van der Waals surface area contributed by atoms with Gasteiger partial charge < -0.3 is 10.1 Å². The van der Waals surface area contributed by atoms with Crippen LogP contribution in [0.4, 0.5) is 11.4 Å². The van der Waals surface area contributed by atoms with E-state index < -0.39 is 0 Å². The molecule has 3 atom stereocenters. The van der Waals surface area contributed by atoms with Crippen LogP contribution in [-0.2, 0) is 0 Å². The summed E-state index contributed by atoms with van der Waals surface area (Å²) in [5.41, 5.74) is 7.22. The molecule has 162 valence electrons. The van der Waals surface area contributed by atoms with E-state index in [0.717, 1.165) is 27.9 Å². The van der Waals surface area contributed by atoms with Crippen molar-refractivity contribution in [2.24, 2.45) is 10.9 Å². The number of fused-ring (bicyclic) bond motifs is 3. The molecule has 0 bridgehead atoms. The van der Waals surface area contributed by atoms with E-state index in [9.17, 15) is 0 Å². The second-order valence-electron chi connectivity index (χ2n) is 8.53. The largest absolute Gasteiger partial charge is 0.493 e. The predicted octanol–water partition coefficient (Wildman–Crippen LogP) is 7.73. The first-order valence-electron chi connectivity index (χ1n) is 11.2. The maximum atomic E-state index is 5.73. The average Bonchev–Trinajstić information content (AvgIpc) is 3.30. The SMILES string of the molecule is CCOc1ccc(Br)cc1C=Nc1ccc([C@@H]2Nc3ccc(C)cc3[C@H]3C=CC[C@H]32)cc1. The fraction of sp³-hybridized carbons (Fsp3) is 0.250. The van der Waals surface area contributed by atoms with Crippen molar-refractivity contribution in [3.8, 4) is 5.75 Å². The van der Waals surface area contributed by atoms with Gasteiger partial charge in [-0.25, -0.2) is 0 Å². The molecule has 3 nitrogen and oxygen atoms in total. The maximum absolute atomic E-state index is 5.73. The summed E-state index contributed by atoms with van der Waals surface area (Å²) in [4.78, 5) is 4.70. The van der Waals surface area contributed by atoms with Gasteiger partial charge in [0.25, 0.3) is 0 Å². The third-order valence-electron chi connectivity index (χ3n) is 6.39. The Morgan fingerprint density at radius 1 is 1.09 bits per heavy atom. The van der Waals surface area contributed by atoms with Gasteiger partial charge in [0.2, 0.25) is 0 Å². The predicted molar refractivity (Wildman–Crippen MR) is 137 cm³/mol. The number of anilines is 1. The molecule has 32 heavy (non-hydrogen) atoms. The summed E-state index contributed by atoms with van der Waals surface area (Å²) in [5.74, 6) is 1.88. The number of rotatable bonds is 5. The lowest BCUT2D eigenvalue weighted by atomic mass is 9.76. The molecule has 0 aromatic heterocycles. The minimum Gasteiger partial charge on any atom is -0.493 e. The van der Waals surface area contributed by atoms with E-state index in [1.807, 2.05) is 31.3 Å². The van der Waals surface area contributed by atoms with Gasteiger partial charge in [-0.1, -0.05) is 57.9 Å². The first-order chi connectivity index (χ1) is 15.6. The molecule has 1 N–H and O–H groups in total. The Bertz CT molecular complexity index is 1180. The number of hydrogen-bond donors (Lipinski definition) is 1. The van der Waals surface area contributed by atoms with E-state index >= 15 is 0 Å². The molecule has 2 aliphatic rings. The zero-order valence-electron chi connectivity index (χ0n) is 18.4. The molecule has 0 amide bonds. The zero-order chi connectivity index (χ0) is 22.1. The lowest BCUT2D eigenvalue weighted by Crippen LogP contribution is -2.29. The molecule has 3 aromatic carbocycles. The van der Waals surface area contributed by atoms with Crippen LogP contribution < -0.4 is 10.1 Å². The monoisotopic (exact) mass is 486 g/mol. The van der Waals surface area contributed by atoms with Crippen molar-refractivity contribution >= 4 is 33.5 Å². The molecule has 4 heteroatoms. The minimum atomic E-state index is 0.304. The van der Waals surface area contributed by atoms with Gasteiger partial charge in [-0.15, -0.1) is 0 Å². The first kappa shape index (κ1) is 21.0. The van der Waals surface area contributed by atoms with Crippen LogP contribution in [0.1, 0.15) is 47.6 Å². The lowest BCUT2D eigenvalue weighted by molar-refractivity contribution is 0.339. The molecule has 1 heterocycles. The van der Waals surface area contributed by atoms with Crippen LogP contribution in [0.3, 0.4) is 0 Å². The number of aryl methyl sites for hydroxylation is 1. The Hall–Kier alpha value is -2.85. The molecular formula is C28H27BrN2O. The minimum absolute atomic E-state index is 0.304. The summed E-state index contributed by atoms with van der Waals surface area (Å²) in [6.45, 7) is 4.79. The summed E-state index contributed by atoms with van der Waals surface area (Å²) >= 11 is 3.54. The molecule has 0 fully saturated rings. The van der Waals surface area contributed by atoms with Crippen molar-refractivity contribution < 1.29 is 4.74 Å². The highest BCUT2D eigenvalue weighted by atomic mass is 79.9. The van der Waals surface area contributed by atoms with Crippen molar-refractivity contribution in [3.05, 3.63) is 99.5 Å². The van der Waals surface area contributed by atoms with Crippen LogP contribution in [0.5, 0.6) is 5.75 Å². The van der Waals surface area contributed by atoms with Crippen LogP contribution in [0.2, 0.25) is 0 Å². The van der Waals surface area contributed by atoms with Gasteiger partial charge in [0.15, 0.2) is 0 Å². The lowest BCUT2D eigenvalue weighted by Gasteiger charge is -2.37. The van der Waals surface area contributed by atoms with Crippen LogP contribution in [-0.4, -0.2) is 12.8 Å². The van der Waals surface area contributed by atoms with E-state index in [0.29, 0.717) is 24.5 Å². The second kappa shape index (κ2) is 8.95. The molecule has 3 aromatic rings. The Morgan fingerprint density at radius 2 is 1.94 bits per heavy atom. The number of aliphatic imine (C=N–C) groups is 1. The number of hydrogen-bond acceptors (Lipinski definition) is 3. The number of allylic oxidation sites excluding steroid dienone is 2. The fourth-order valence-corrected chi connectivity index (χ4v) is 5.24. The fourth-order valence-electron chi connectivity index (χ4n) is 4.86. The third-order valence-corrected chi connectivity index (χ3v) is 6.89. The van der Waals surface area contributed by atoms with Crippen LogP contribution in [0.15, 0.2) is 82.3 Å². The van der Waals surface area contributed by atoms with Gasteiger partial charge in [0.05, 0.1) is 18.3 Å². The molecule has 0 radical (unpaired) electrons. The first-order valence-corrected chi connectivity index (χ1v) is 12.0. The summed E-state index contributed by atoms with van der Waals surface area (Å²) in [6, 6.07) is 21.7. The highest BCUT2D eigenvalue weighted by Crippen LogP contribution is 2.50. The normalized spacial score (nSPS) is 21.3. The molecule has 1 aliphatic carbocycles. The molecular weight excluding hydrogens is 460 g/mol. The molecule has 5 rings (SSSR count). The average molecular weight is 487 g/mol. The van der Waals surface area contributed by atoms with Gasteiger partial charge in [-0.05, 0) is 73.7 Å². The number of nitrogens with one attached hydrogen (secondary N) is 1. The van der Waals surface area contributed by atoms with Crippen molar-refractivity contribution in [2.45, 2.75) is 32.2 Å². The summed E-state index contributed by atoms with van der Waals surface area (Å²) in [5, 5.41) is 3.82. The maximum Gasteiger partial charge on any atom is 0.128 e. The van der Waals surface area contributed by atoms with Gasteiger partial charge in [0, 0.05) is 27.9 Å². The van der Waals surface area contributed by atoms with E-state index in [2.05, 4.69) is 82.8 Å². The van der Waals surface area contributed by atoms with Crippen molar-refractivity contribution in [1.82, 2.24) is 0 Å². The van der Waals surface area contributed by atoms with Crippen molar-refractivity contribution in [3.63, 3.8) is 0 Å². The summed E-state index contributed by atoms with van der Waals surface area (Å²) in [7, 11) is 0. The number of benzene rings is 3. The Labute approximate surface area is 198 Å². The number of nitrogens with zero attached hydrogens (tertiary/aromatic N) is 1. The smallest absolute Gasteiger partial charge is 0.128 e. The van der Waals surface area contributed by atoms with Gasteiger partial charge in [0.1, 0.15) is 5.75 Å². The van der Waals surface area contributed by atoms with E-state index in [-0.39, 0.29) is 0 Å². The van der Waals surface area contributed by atoms with Gasteiger partial charge in [-0.2, -0.15) is 0 Å². The molecule has 0 saturated heterocycles. The quantitative estimate of drug-likeness (QED) is 0.295. The van der Waals surface area contributed by atoms with Crippen molar-refractivity contribution in [2.75, 3.05) is 11.9 Å². The molecule has 0 spiro atoms. The molecule has 0 saturated carbocycles. The Balaban J connectivity index is 1.38. The standard InChI is InChI=1S/C28H27BrN2O/c1-3-32-27-14-10-21(29)16-20(27)17-30-22-11-8-19(9-12-22)28-24-6-4-5-23(24)25-15-18(2)7-13-26(25)31-28/h4-5,7-17,23-24,28,31H,3,6H2,1-2H3/t23-,24+,28-/m0/s1. The van der Waals surface area contributed by atoms with Crippen LogP contribution >= 0.6 is 15.9 Å². The van der Waals surface area contributed by atoms with Crippen LogP contribution in [0, 0.1) is 12.8 Å². The second-order valence-corrected chi connectivity index (χ2v) is 9.45. The summed E-state index contributed by atoms with van der Waals surface area (Å²) < 4.78 is 6.74.